The van der Waals surface area contributed by atoms with Gasteiger partial charge in [-0.2, -0.15) is 0 Å². The molecule has 0 saturated heterocycles. The number of para-hydroxylation sites is 3. The Kier molecular flexibility index (Phi) is 6.90. The standard InChI is InChI=1S/C27H21N5O3S/c33-24(29-22-15-8-7-14-21(22)26(34)28-19-10-3-1-4-11-19)18-36-27-31-30-25(23-16-9-17-35-23)32(27)20-12-5-2-6-13-20/h1-17H,18H2,(H,28,34)(H,29,33). The molecule has 0 bridgehead atoms. The van der Waals surface area contributed by atoms with Gasteiger partial charge in [0.2, 0.25) is 11.7 Å². The number of amides is 2. The number of carbonyl (C=O) groups is 2. The number of aromatic nitrogens is 3. The first-order chi connectivity index (χ1) is 17.7. The molecule has 0 aliphatic heterocycles. The molecule has 0 atom stereocenters. The number of anilines is 2. The minimum atomic E-state index is -0.309. The summed E-state index contributed by atoms with van der Waals surface area (Å²) in [5, 5.41) is 14.8. The van der Waals surface area contributed by atoms with Crippen LogP contribution in [0.2, 0.25) is 0 Å². The van der Waals surface area contributed by atoms with Gasteiger partial charge in [-0.05, 0) is 48.5 Å². The van der Waals surface area contributed by atoms with Crippen molar-refractivity contribution in [1.82, 2.24) is 14.8 Å². The highest BCUT2D eigenvalue weighted by Crippen LogP contribution is 2.28. The maximum absolute atomic E-state index is 12.9. The van der Waals surface area contributed by atoms with E-state index >= 15 is 0 Å². The van der Waals surface area contributed by atoms with Crippen LogP contribution in [0.15, 0.2) is 113 Å². The third kappa shape index (κ3) is 5.21. The number of benzene rings is 3. The predicted molar refractivity (Wildman–Crippen MR) is 139 cm³/mol. The molecule has 2 aromatic heterocycles. The van der Waals surface area contributed by atoms with Crippen LogP contribution in [-0.2, 0) is 4.79 Å². The quantitative estimate of drug-likeness (QED) is 0.275. The molecule has 0 saturated carbocycles. The average molecular weight is 496 g/mol. The van der Waals surface area contributed by atoms with Crippen molar-refractivity contribution in [3.05, 3.63) is 109 Å². The first-order valence-electron chi connectivity index (χ1n) is 11.1. The zero-order valence-corrected chi connectivity index (χ0v) is 19.8. The fourth-order valence-electron chi connectivity index (χ4n) is 3.57. The summed E-state index contributed by atoms with van der Waals surface area (Å²) in [4.78, 5) is 25.7. The molecule has 2 heterocycles. The number of carbonyl (C=O) groups excluding carboxylic acids is 2. The van der Waals surface area contributed by atoms with Crippen molar-refractivity contribution < 1.29 is 14.0 Å². The van der Waals surface area contributed by atoms with Crippen molar-refractivity contribution in [1.29, 1.82) is 0 Å². The molecule has 5 rings (SSSR count). The topological polar surface area (TPSA) is 102 Å². The van der Waals surface area contributed by atoms with Crippen LogP contribution in [0.5, 0.6) is 0 Å². The van der Waals surface area contributed by atoms with E-state index in [1.54, 1.807) is 48.7 Å². The van der Waals surface area contributed by atoms with E-state index < -0.39 is 0 Å². The van der Waals surface area contributed by atoms with Gasteiger partial charge in [0.15, 0.2) is 10.9 Å². The summed E-state index contributed by atoms with van der Waals surface area (Å²) in [5.41, 5.74) is 2.32. The third-order valence-electron chi connectivity index (χ3n) is 5.20. The maximum Gasteiger partial charge on any atom is 0.257 e. The Balaban J connectivity index is 1.31. The molecular formula is C27H21N5O3S. The van der Waals surface area contributed by atoms with Crippen LogP contribution in [0.3, 0.4) is 0 Å². The zero-order valence-electron chi connectivity index (χ0n) is 19.0. The van der Waals surface area contributed by atoms with Gasteiger partial charge >= 0.3 is 0 Å². The first-order valence-corrected chi connectivity index (χ1v) is 12.1. The minimum Gasteiger partial charge on any atom is -0.461 e. The number of nitrogens with one attached hydrogen (secondary N) is 2. The molecule has 0 unspecified atom stereocenters. The van der Waals surface area contributed by atoms with E-state index in [1.165, 1.54) is 11.8 Å². The van der Waals surface area contributed by atoms with Gasteiger partial charge in [-0.3, -0.25) is 14.2 Å². The average Bonchev–Trinajstić information content (AvgIpc) is 3.59. The van der Waals surface area contributed by atoms with Crippen molar-refractivity contribution in [2.24, 2.45) is 0 Å². The molecule has 36 heavy (non-hydrogen) atoms. The Morgan fingerprint density at radius 2 is 1.53 bits per heavy atom. The summed E-state index contributed by atoms with van der Waals surface area (Å²) in [6, 6.07) is 29.3. The molecular weight excluding hydrogens is 474 g/mol. The summed E-state index contributed by atoms with van der Waals surface area (Å²) in [5.74, 6) is 0.592. The summed E-state index contributed by atoms with van der Waals surface area (Å²) >= 11 is 1.24. The van der Waals surface area contributed by atoms with E-state index in [9.17, 15) is 9.59 Å². The lowest BCUT2D eigenvalue weighted by molar-refractivity contribution is -0.113. The van der Waals surface area contributed by atoms with Crippen molar-refractivity contribution in [2.45, 2.75) is 5.16 Å². The van der Waals surface area contributed by atoms with E-state index in [0.29, 0.717) is 33.7 Å². The monoisotopic (exact) mass is 495 g/mol. The lowest BCUT2D eigenvalue weighted by Gasteiger charge is -2.12. The molecule has 9 heteroatoms. The number of hydrogen-bond acceptors (Lipinski definition) is 6. The molecule has 178 valence electrons. The Morgan fingerprint density at radius 1 is 0.806 bits per heavy atom. The second kappa shape index (κ2) is 10.7. The second-order valence-electron chi connectivity index (χ2n) is 7.66. The summed E-state index contributed by atoms with van der Waals surface area (Å²) in [7, 11) is 0. The van der Waals surface area contributed by atoms with E-state index in [-0.39, 0.29) is 17.6 Å². The van der Waals surface area contributed by atoms with E-state index in [2.05, 4.69) is 20.8 Å². The van der Waals surface area contributed by atoms with Gasteiger partial charge in [0.05, 0.1) is 23.3 Å². The lowest BCUT2D eigenvalue weighted by Crippen LogP contribution is -2.19. The Bertz CT molecular complexity index is 1470. The van der Waals surface area contributed by atoms with Gasteiger partial charge in [-0.25, -0.2) is 0 Å². The number of hydrogen-bond donors (Lipinski definition) is 2. The van der Waals surface area contributed by atoms with Crippen molar-refractivity contribution in [3.63, 3.8) is 0 Å². The molecule has 3 aromatic carbocycles. The van der Waals surface area contributed by atoms with Gasteiger partial charge in [-0.15, -0.1) is 10.2 Å². The van der Waals surface area contributed by atoms with E-state index in [0.717, 1.165) is 5.69 Å². The fraction of sp³-hybridized carbons (Fsp3) is 0.0370. The molecule has 0 radical (unpaired) electrons. The van der Waals surface area contributed by atoms with E-state index in [4.69, 9.17) is 4.42 Å². The summed E-state index contributed by atoms with van der Waals surface area (Å²) < 4.78 is 7.37. The van der Waals surface area contributed by atoms with Crippen molar-refractivity contribution in [3.8, 4) is 17.3 Å². The van der Waals surface area contributed by atoms with Crippen molar-refractivity contribution in [2.75, 3.05) is 16.4 Å². The van der Waals surface area contributed by atoms with Crippen molar-refractivity contribution >= 4 is 35.0 Å². The molecule has 2 N–H and O–H groups in total. The number of thioether (sulfide) groups is 1. The second-order valence-corrected chi connectivity index (χ2v) is 8.60. The molecule has 0 spiro atoms. The van der Waals surface area contributed by atoms with Crippen LogP contribution in [0.1, 0.15) is 10.4 Å². The molecule has 0 aliphatic rings. The smallest absolute Gasteiger partial charge is 0.257 e. The Morgan fingerprint density at radius 3 is 2.28 bits per heavy atom. The highest BCUT2D eigenvalue weighted by molar-refractivity contribution is 7.99. The number of rotatable bonds is 8. The number of nitrogens with zero attached hydrogens (tertiary/aromatic N) is 3. The normalized spacial score (nSPS) is 10.7. The molecule has 0 aliphatic carbocycles. The predicted octanol–water partition coefficient (Wildman–Crippen LogP) is 5.51. The SMILES string of the molecule is O=C(CSc1nnc(-c2ccco2)n1-c1ccccc1)Nc1ccccc1C(=O)Nc1ccccc1. The van der Waals surface area contributed by atoms with Crippen LogP contribution < -0.4 is 10.6 Å². The van der Waals surface area contributed by atoms with Gasteiger partial charge < -0.3 is 15.1 Å². The number of furan rings is 1. The van der Waals surface area contributed by atoms with Crippen LogP contribution in [0.4, 0.5) is 11.4 Å². The Hall–Kier alpha value is -4.63. The molecule has 0 fully saturated rings. The summed E-state index contributed by atoms with van der Waals surface area (Å²) in [6.07, 6.45) is 1.57. The largest absolute Gasteiger partial charge is 0.461 e. The summed E-state index contributed by atoms with van der Waals surface area (Å²) in [6.45, 7) is 0. The van der Waals surface area contributed by atoms with Crippen LogP contribution in [-0.4, -0.2) is 32.3 Å². The van der Waals surface area contributed by atoms with Crippen LogP contribution in [0.25, 0.3) is 17.3 Å². The van der Waals surface area contributed by atoms with Gasteiger partial charge in [0.25, 0.3) is 5.91 Å². The lowest BCUT2D eigenvalue weighted by atomic mass is 10.1. The van der Waals surface area contributed by atoms with Gasteiger partial charge in [0.1, 0.15) is 0 Å². The molecule has 8 nitrogen and oxygen atoms in total. The van der Waals surface area contributed by atoms with E-state index in [1.807, 2.05) is 59.2 Å². The van der Waals surface area contributed by atoms with Gasteiger partial charge in [-0.1, -0.05) is 60.3 Å². The fourth-order valence-corrected chi connectivity index (χ4v) is 4.32. The Labute approximate surface area is 211 Å². The molecule has 2 amide bonds. The minimum absolute atomic E-state index is 0.0672. The maximum atomic E-state index is 12.9. The van der Waals surface area contributed by atoms with Crippen LogP contribution in [0, 0.1) is 0 Å². The van der Waals surface area contributed by atoms with Crippen LogP contribution >= 0.6 is 11.8 Å². The third-order valence-corrected chi connectivity index (χ3v) is 6.13. The highest BCUT2D eigenvalue weighted by Gasteiger charge is 2.19. The zero-order chi connectivity index (χ0) is 24.7. The molecule has 5 aromatic rings. The first kappa shape index (κ1) is 23.1. The van der Waals surface area contributed by atoms with Gasteiger partial charge in [0, 0.05) is 11.4 Å². The highest BCUT2D eigenvalue weighted by atomic mass is 32.2.